The van der Waals surface area contributed by atoms with E-state index in [1.54, 1.807) is 0 Å². The summed E-state index contributed by atoms with van der Waals surface area (Å²) in [5.41, 5.74) is 2.26. The maximum absolute atomic E-state index is 10.7. The topological polar surface area (TPSA) is 70.9 Å². The Balaban J connectivity index is 3.13. The van der Waals surface area contributed by atoms with Crippen molar-refractivity contribution >= 4 is 0 Å². The summed E-state index contributed by atoms with van der Waals surface area (Å²) in [6.07, 6.45) is 4.24. The Kier molecular flexibility index (Phi) is 3.84. The van der Waals surface area contributed by atoms with Gasteiger partial charge in [-0.1, -0.05) is 12.7 Å². The SMILES string of the molecule is C=C/C=C(/N=O)C1=C(NO)CCC(C)(C)O1. The number of nitroso groups, excluding NO2 is 1. The van der Waals surface area contributed by atoms with E-state index >= 15 is 0 Å². The molecule has 0 spiro atoms. The van der Waals surface area contributed by atoms with Gasteiger partial charge in [-0.3, -0.25) is 10.7 Å². The quantitative estimate of drug-likeness (QED) is 0.437. The van der Waals surface area contributed by atoms with Crippen LogP contribution in [0.3, 0.4) is 0 Å². The Labute approximate surface area is 94.4 Å². The number of hydrogen-bond acceptors (Lipinski definition) is 5. The van der Waals surface area contributed by atoms with Crippen molar-refractivity contribution in [2.75, 3.05) is 0 Å². The molecule has 5 nitrogen and oxygen atoms in total. The van der Waals surface area contributed by atoms with Gasteiger partial charge in [-0.15, -0.1) is 4.91 Å². The molecule has 0 saturated heterocycles. The molecule has 1 rings (SSSR count). The van der Waals surface area contributed by atoms with Crippen LogP contribution in [0.2, 0.25) is 0 Å². The minimum Gasteiger partial charge on any atom is -0.484 e. The van der Waals surface area contributed by atoms with Crippen molar-refractivity contribution in [1.29, 1.82) is 0 Å². The third-order valence-corrected chi connectivity index (χ3v) is 2.37. The first-order valence-corrected chi connectivity index (χ1v) is 5.03. The molecule has 5 heteroatoms. The van der Waals surface area contributed by atoms with Gasteiger partial charge in [-0.05, 0) is 37.9 Å². The van der Waals surface area contributed by atoms with Crippen molar-refractivity contribution in [3.63, 3.8) is 0 Å². The first-order chi connectivity index (χ1) is 7.54. The third-order valence-electron chi connectivity index (χ3n) is 2.37. The molecule has 16 heavy (non-hydrogen) atoms. The smallest absolute Gasteiger partial charge is 0.170 e. The van der Waals surface area contributed by atoms with Gasteiger partial charge in [0.15, 0.2) is 11.5 Å². The molecule has 1 heterocycles. The number of hydroxylamine groups is 1. The lowest BCUT2D eigenvalue weighted by Gasteiger charge is -2.33. The van der Waals surface area contributed by atoms with Gasteiger partial charge in [0.2, 0.25) is 0 Å². The van der Waals surface area contributed by atoms with Crippen LogP contribution >= 0.6 is 0 Å². The van der Waals surface area contributed by atoms with Gasteiger partial charge in [0.1, 0.15) is 5.60 Å². The highest BCUT2D eigenvalue weighted by molar-refractivity contribution is 5.33. The molecule has 0 atom stereocenters. The summed E-state index contributed by atoms with van der Waals surface area (Å²) in [7, 11) is 0. The summed E-state index contributed by atoms with van der Waals surface area (Å²) in [5.74, 6) is 0.286. The van der Waals surface area contributed by atoms with Crippen molar-refractivity contribution in [3.8, 4) is 0 Å². The van der Waals surface area contributed by atoms with Gasteiger partial charge in [0.25, 0.3) is 0 Å². The van der Waals surface area contributed by atoms with Crippen molar-refractivity contribution in [2.45, 2.75) is 32.3 Å². The van der Waals surface area contributed by atoms with Gasteiger partial charge in [-0.2, -0.15) is 0 Å². The van der Waals surface area contributed by atoms with E-state index in [0.29, 0.717) is 12.1 Å². The molecule has 0 bridgehead atoms. The second kappa shape index (κ2) is 4.94. The summed E-state index contributed by atoms with van der Waals surface area (Å²) in [6.45, 7) is 7.32. The summed E-state index contributed by atoms with van der Waals surface area (Å²) in [6, 6.07) is 0. The van der Waals surface area contributed by atoms with E-state index in [4.69, 9.17) is 9.94 Å². The van der Waals surface area contributed by atoms with Crippen LogP contribution in [-0.4, -0.2) is 10.8 Å². The fourth-order valence-electron chi connectivity index (χ4n) is 1.50. The molecule has 0 aliphatic carbocycles. The Morgan fingerprint density at radius 1 is 1.69 bits per heavy atom. The second-order valence-corrected chi connectivity index (χ2v) is 4.16. The summed E-state index contributed by atoms with van der Waals surface area (Å²) >= 11 is 0. The van der Waals surface area contributed by atoms with Gasteiger partial charge in [0, 0.05) is 0 Å². The molecule has 0 amide bonds. The molecular weight excluding hydrogens is 208 g/mol. The lowest BCUT2D eigenvalue weighted by Crippen LogP contribution is -2.31. The fraction of sp³-hybridized carbons (Fsp3) is 0.455. The number of rotatable bonds is 4. The van der Waals surface area contributed by atoms with Crippen LogP contribution in [0.25, 0.3) is 0 Å². The average Bonchev–Trinajstić information content (AvgIpc) is 2.25. The first kappa shape index (κ1) is 12.4. The van der Waals surface area contributed by atoms with Crippen LogP contribution in [0.5, 0.6) is 0 Å². The molecule has 88 valence electrons. The van der Waals surface area contributed by atoms with E-state index in [2.05, 4.69) is 11.8 Å². The zero-order valence-corrected chi connectivity index (χ0v) is 9.49. The molecule has 0 fully saturated rings. The van der Waals surface area contributed by atoms with E-state index in [-0.39, 0.29) is 17.1 Å². The Hall–Kier alpha value is -1.62. The fourth-order valence-corrected chi connectivity index (χ4v) is 1.50. The number of allylic oxidation sites excluding steroid dienone is 3. The van der Waals surface area contributed by atoms with Crippen LogP contribution in [0, 0.1) is 4.91 Å². The predicted molar refractivity (Wildman–Crippen MR) is 60.4 cm³/mol. The lowest BCUT2D eigenvalue weighted by molar-refractivity contribution is 0.00788. The highest BCUT2D eigenvalue weighted by Gasteiger charge is 2.30. The molecule has 0 aromatic carbocycles. The minimum atomic E-state index is -0.374. The van der Waals surface area contributed by atoms with E-state index in [0.717, 1.165) is 6.42 Å². The van der Waals surface area contributed by atoms with Crippen molar-refractivity contribution in [3.05, 3.63) is 40.8 Å². The van der Waals surface area contributed by atoms with Gasteiger partial charge >= 0.3 is 0 Å². The summed E-state index contributed by atoms with van der Waals surface area (Å²) in [5, 5.41) is 11.8. The van der Waals surface area contributed by atoms with Gasteiger partial charge < -0.3 is 4.74 Å². The molecule has 0 unspecified atom stereocenters. The molecule has 1 aliphatic heterocycles. The van der Waals surface area contributed by atoms with Crippen LogP contribution in [-0.2, 0) is 4.74 Å². The second-order valence-electron chi connectivity index (χ2n) is 4.16. The molecule has 0 saturated carbocycles. The number of ether oxygens (including phenoxy) is 1. The Bertz CT molecular complexity index is 356. The standard InChI is InChI=1S/C11H16N2O3/c1-4-5-8(12-14)10-9(13-15)6-7-11(2,3)16-10/h4-5,13,15H,1,6-7H2,2-3H3/b8-5+. The zero-order valence-electron chi connectivity index (χ0n) is 9.49. The maximum Gasteiger partial charge on any atom is 0.170 e. The normalized spacial score (nSPS) is 20.1. The van der Waals surface area contributed by atoms with Crippen LogP contribution < -0.4 is 5.48 Å². The summed E-state index contributed by atoms with van der Waals surface area (Å²) in [4.78, 5) is 10.7. The van der Waals surface area contributed by atoms with Crippen LogP contribution in [0.4, 0.5) is 0 Å². The van der Waals surface area contributed by atoms with Crippen molar-refractivity contribution in [2.24, 2.45) is 5.18 Å². The Morgan fingerprint density at radius 2 is 2.38 bits per heavy atom. The largest absolute Gasteiger partial charge is 0.484 e. The van der Waals surface area contributed by atoms with E-state index < -0.39 is 0 Å². The molecular formula is C11H16N2O3. The van der Waals surface area contributed by atoms with Crippen LogP contribution in [0.1, 0.15) is 26.7 Å². The minimum absolute atomic E-state index is 0.124. The van der Waals surface area contributed by atoms with Crippen molar-refractivity contribution < 1.29 is 9.94 Å². The number of nitrogens with zero attached hydrogens (tertiary/aromatic N) is 1. The molecule has 1 aliphatic rings. The lowest BCUT2D eigenvalue weighted by atomic mass is 9.97. The number of nitrogens with one attached hydrogen (secondary N) is 1. The maximum atomic E-state index is 10.7. The average molecular weight is 224 g/mol. The predicted octanol–water partition coefficient (Wildman–Crippen LogP) is 2.60. The number of hydrogen-bond donors (Lipinski definition) is 2. The van der Waals surface area contributed by atoms with Gasteiger partial charge in [0.05, 0.1) is 5.70 Å². The zero-order chi connectivity index (χ0) is 12.2. The van der Waals surface area contributed by atoms with Gasteiger partial charge in [-0.25, -0.2) is 0 Å². The van der Waals surface area contributed by atoms with E-state index in [1.807, 2.05) is 19.3 Å². The summed E-state index contributed by atoms with van der Waals surface area (Å²) < 4.78 is 5.63. The third kappa shape index (κ3) is 2.70. The monoisotopic (exact) mass is 224 g/mol. The van der Waals surface area contributed by atoms with Crippen molar-refractivity contribution in [1.82, 2.24) is 5.48 Å². The highest BCUT2D eigenvalue weighted by Crippen LogP contribution is 2.33. The Morgan fingerprint density at radius 3 is 2.88 bits per heavy atom. The molecule has 2 N–H and O–H groups in total. The molecule has 0 aromatic heterocycles. The molecule has 0 radical (unpaired) electrons. The first-order valence-electron chi connectivity index (χ1n) is 5.03. The van der Waals surface area contributed by atoms with E-state index in [9.17, 15) is 4.91 Å². The van der Waals surface area contributed by atoms with Crippen LogP contribution in [0.15, 0.2) is 41.1 Å². The molecule has 0 aromatic rings. The van der Waals surface area contributed by atoms with E-state index in [1.165, 1.54) is 12.2 Å². The highest BCUT2D eigenvalue weighted by atomic mass is 16.5.